The Bertz CT molecular complexity index is 536. The van der Waals surface area contributed by atoms with Crippen LogP contribution < -0.4 is 11.3 Å². The lowest BCUT2D eigenvalue weighted by Gasteiger charge is -2.32. The quantitative estimate of drug-likeness (QED) is 0.650. The van der Waals surface area contributed by atoms with E-state index in [1.54, 1.807) is 11.3 Å². The van der Waals surface area contributed by atoms with Crippen LogP contribution in [0, 0.1) is 0 Å². The van der Waals surface area contributed by atoms with Crippen LogP contribution in [-0.2, 0) is 12.8 Å². The number of nitrogens with one attached hydrogen (secondary N) is 1. The number of hydrogen-bond acceptors (Lipinski definition) is 3. The van der Waals surface area contributed by atoms with Crippen LogP contribution in [0.4, 0.5) is 0 Å². The van der Waals surface area contributed by atoms with Gasteiger partial charge in [0, 0.05) is 12.0 Å². The minimum atomic E-state index is 0.372. The highest BCUT2D eigenvalue weighted by molar-refractivity contribution is 7.07. The summed E-state index contributed by atoms with van der Waals surface area (Å²) in [5, 5.41) is 4.39. The molecule has 0 amide bonds. The van der Waals surface area contributed by atoms with Gasteiger partial charge in [0.1, 0.15) is 0 Å². The lowest BCUT2D eigenvalue weighted by molar-refractivity contribution is 0.378. The molecule has 20 heavy (non-hydrogen) atoms. The molecule has 1 aromatic carbocycles. The molecule has 1 aliphatic carbocycles. The van der Waals surface area contributed by atoms with Gasteiger partial charge in [0.2, 0.25) is 0 Å². The van der Waals surface area contributed by atoms with E-state index in [2.05, 4.69) is 46.5 Å². The maximum absolute atomic E-state index is 5.85. The van der Waals surface area contributed by atoms with Crippen molar-refractivity contribution in [2.75, 3.05) is 0 Å². The first kappa shape index (κ1) is 13.8. The van der Waals surface area contributed by atoms with E-state index in [9.17, 15) is 0 Å². The number of thiophene rings is 1. The molecule has 1 aromatic heterocycles. The van der Waals surface area contributed by atoms with Crippen LogP contribution in [0.15, 0.2) is 41.1 Å². The average molecular weight is 286 g/mol. The predicted octanol–water partition coefficient (Wildman–Crippen LogP) is 3.63. The Labute approximate surface area is 125 Å². The summed E-state index contributed by atoms with van der Waals surface area (Å²) in [6, 6.07) is 11.5. The molecular weight excluding hydrogens is 264 g/mol. The fourth-order valence-corrected chi connectivity index (χ4v) is 4.07. The molecule has 2 unspecified atom stereocenters. The molecule has 3 heteroatoms. The molecule has 2 atom stereocenters. The molecule has 0 radical (unpaired) electrons. The van der Waals surface area contributed by atoms with Crippen molar-refractivity contribution in [2.45, 2.75) is 44.1 Å². The van der Waals surface area contributed by atoms with E-state index < -0.39 is 0 Å². The van der Waals surface area contributed by atoms with Gasteiger partial charge in [-0.05, 0) is 65.6 Å². The van der Waals surface area contributed by atoms with Crippen LogP contribution in [0.3, 0.4) is 0 Å². The summed E-state index contributed by atoms with van der Waals surface area (Å²) in [5.74, 6) is 6.41. The number of fused-ring (bicyclic) bond motifs is 1. The summed E-state index contributed by atoms with van der Waals surface area (Å²) in [7, 11) is 0. The molecule has 2 aromatic rings. The number of hydrazine groups is 1. The van der Waals surface area contributed by atoms with E-state index in [4.69, 9.17) is 5.84 Å². The van der Waals surface area contributed by atoms with Gasteiger partial charge in [-0.15, -0.1) is 0 Å². The summed E-state index contributed by atoms with van der Waals surface area (Å²) >= 11 is 1.77. The standard InChI is InChI=1S/C17H22N2S/c18-19-17(9-8-13-10-11-20-12-13)16-7-3-5-14-4-1-2-6-15(14)16/h1-2,4,6,10-12,16-17,19H,3,5,7-9,18H2. The highest BCUT2D eigenvalue weighted by atomic mass is 32.1. The second kappa shape index (κ2) is 6.53. The van der Waals surface area contributed by atoms with Crippen molar-refractivity contribution in [2.24, 2.45) is 5.84 Å². The second-order valence-electron chi connectivity index (χ2n) is 5.64. The van der Waals surface area contributed by atoms with Crippen LogP contribution >= 0.6 is 11.3 Å². The van der Waals surface area contributed by atoms with Crippen molar-refractivity contribution in [1.29, 1.82) is 0 Å². The predicted molar refractivity (Wildman–Crippen MR) is 85.9 cm³/mol. The number of rotatable bonds is 5. The third-order valence-corrected chi connectivity index (χ3v) is 5.17. The van der Waals surface area contributed by atoms with E-state index >= 15 is 0 Å². The monoisotopic (exact) mass is 286 g/mol. The Balaban J connectivity index is 1.73. The Hall–Kier alpha value is -1.16. The number of benzene rings is 1. The molecule has 3 N–H and O–H groups in total. The van der Waals surface area contributed by atoms with Gasteiger partial charge in [0.25, 0.3) is 0 Å². The van der Waals surface area contributed by atoms with Crippen molar-refractivity contribution in [3.8, 4) is 0 Å². The number of aryl methyl sites for hydroxylation is 2. The minimum Gasteiger partial charge on any atom is -0.271 e. The molecule has 0 fully saturated rings. The van der Waals surface area contributed by atoms with Crippen LogP contribution in [0.1, 0.15) is 41.9 Å². The summed E-state index contributed by atoms with van der Waals surface area (Å²) in [6.07, 6.45) is 5.95. The van der Waals surface area contributed by atoms with Gasteiger partial charge in [0.05, 0.1) is 0 Å². The molecule has 2 nitrogen and oxygen atoms in total. The zero-order valence-corrected chi connectivity index (χ0v) is 12.5. The third kappa shape index (κ3) is 2.95. The number of nitrogens with two attached hydrogens (primary N) is 1. The summed E-state index contributed by atoms with van der Waals surface area (Å²) in [4.78, 5) is 0. The van der Waals surface area contributed by atoms with Gasteiger partial charge >= 0.3 is 0 Å². The highest BCUT2D eigenvalue weighted by Gasteiger charge is 2.26. The van der Waals surface area contributed by atoms with Crippen molar-refractivity contribution >= 4 is 11.3 Å². The van der Waals surface area contributed by atoms with Crippen molar-refractivity contribution < 1.29 is 0 Å². The zero-order valence-electron chi connectivity index (χ0n) is 11.7. The molecule has 106 valence electrons. The molecular formula is C17H22N2S. The largest absolute Gasteiger partial charge is 0.271 e. The SMILES string of the molecule is NNC(CCc1ccsc1)C1CCCc2ccccc21. The fourth-order valence-electron chi connectivity index (χ4n) is 3.37. The Morgan fingerprint density at radius 2 is 2.20 bits per heavy atom. The van der Waals surface area contributed by atoms with Gasteiger partial charge in [-0.2, -0.15) is 11.3 Å². The molecule has 1 heterocycles. The normalized spacial score (nSPS) is 19.6. The van der Waals surface area contributed by atoms with E-state index in [0.29, 0.717) is 12.0 Å². The minimum absolute atomic E-state index is 0.372. The molecule has 0 bridgehead atoms. The second-order valence-corrected chi connectivity index (χ2v) is 6.42. The van der Waals surface area contributed by atoms with Gasteiger partial charge in [-0.25, -0.2) is 0 Å². The number of hydrogen-bond donors (Lipinski definition) is 2. The molecule has 0 saturated heterocycles. The van der Waals surface area contributed by atoms with Gasteiger partial charge in [-0.1, -0.05) is 24.3 Å². The molecule has 1 aliphatic rings. The van der Waals surface area contributed by atoms with Gasteiger partial charge in [0.15, 0.2) is 0 Å². The Kier molecular flexibility index (Phi) is 4.51. The van der Waals surface area contributed by atoms with Gasteiger partial charge < -0.3 is 0 Å². The Morgan fingerprint density at radius 3 is 3.00 bits per heavy atom. The van der Waals surface area contributed by atoms with Crippen molar-refractivity contribution in [3.63, 3.8) is 0 Å². The first-order valence-electron chi connectivity index (χ1n) is 7.43. The van der Waals surface area contributed by atoms with E-state index in [0.717, 1.165) is 12.8 Å². The zero-order chi connectivity index (χ0) is 13.8. The Morgan fingerprint density at radius 1 is 1.30 bits per heavy atom. The molecule has 0 saturated carbocycles. The summed E-state index contributed by atoms with van der Waals surface area (Å²) in [5.41, 5.74) is 7.53. The molecule has 0 aliphatic heterocycles. The van der Waals surface area contributed by atoms with E-state index in [1.165, 1.54) is 36.0 Å². The first-order chi connectivity index (χ1) is 9.88. The summed E-state index contributed by atoms with van der Waals surface area (Å²) in [6.45, 7) is 0. The lowest BCUT2D eigenvalue weighted by atomic mass is 9.77. The first-order valence-corrected chi connectivity index (χ1v) is 8.38. The van der Waals surface area contributed by atoms with Crippen LogP contribution in [0.25, 0.3) is 0 Å². The van der Waals surface area contributed by atoms with E-state index in [-0.39, 0.29) is 0 Å². The van der Waals surface area contributed by atoms with Crippen LogP contribution in [0.5, 0.6) is 0 Å². The van der Waals surface area contributed by atoms with Crippen LogP contribution in [-0.4, -0.2) is 6.04 Å². The van der Waals surface area contributed by atoms with Crippen molar-refractivity contribution in [3.05, 3.63) is 57.8 Å². The average Bonchev–Trinajstić information content (AvgIpc) is 3.01. The van der Waals surface area contributed by atoms with Gasteiger partial charge in [-0.3, -0.25) is 11.3 Å². The maximum Gasteiger partial charge on any atom is 0.0282 e. The van der Waals surface area contributed by atoms with Crippen molar-refractivity contribution in [1.82, 2.24) is 5.43 Å². The lowest BCUT2D eigenvalue weighted by Crippen LogP contribution is -2.41. The van der Waals surface area contributed by atoms with E-state index in [1.807, 2.05) is 0 Å². The molecule has 3 rings (SSSR count). The highest BCUT2D eigenvalue weighted by Crippen LogP contribution is 2.35. The fraction of sp³-hybridized carbons (Fsp3) is 0.412. The third-order valence-electron chi connectivity index (χ3n) is 4.44. The van der Waals surface area contributed by atoms with Crippen LogP contribution in [0.2, 0.25) is 0 Å². The topological polar surface area (TPSA) is 38.0 Å². The smallest absolute Gasteiger partial charge is 0.0282 e. The molecule has 0 spiro atoms. The maximum atomic E-state index is 5.85. The summed E-state index contributed by atoms with van der Waals surface area (Å²) < 4.78 is 0.